The van der Waals surface area contributed by atoms with E-state index < -0.39 is 13.9 Å². The molecule has 1 heterocycles. The van der Waals surface area contributed by atoms with Crippen molar-refractivity contribution in [3.63, 3.8) is 0 Å². The van der Waals surface area contributed by atoms with E-state index in [9.17, 15) is 4.79 Å². The molecule has 0 unspecified atom stereocenters. The van der Waals surface area contributed by atoms with E-state index in [0.29, 0.717) is 53.1 Å². The van der Waals surface area contributed by atoms with Crippen LogP contribution in [0.3, 0.4) is 0 Å². The summed E-state index contributed by atoms with van der Waals surface area (Å²) in [5.74, 6) is -0.326. The van der Waals surface area contributed by atoms with E-state index in [1.165, 1.54) is 6.08 Å². The number of ether oxygens (including phenoxy) is 2. The molecule has 0 radical (unpaired) electrons. The van der Waals surface area contributed by atoms with Gasteiger partial charge in [0.05, 0.1) is 12.2 Å². The summed E-state index contributed by atoms with van der Waals surface area (Å²) in [6.07, 6.45) is 4.98. The summed E-state index contributed by atoms with van der Waals surface area (Å²) >= 11 is 18.4. The van der Waals surface area contributed by atoms with E-state index in [-0.39, 0.29) is 17.1 Å². The van der Waals surface area contributed by atoms with Gasteiger partial charge < -0.3 is 13.9 Å². The molecule has 2 rings (SSSR count). The third kappa shape index (κ3) is 7.21. The summed E-state index contributed by atoms with van der Waals surface area (Å²) in [6.45, 7) is 13.9. The van der Waals surface area contributed by atoms with Crippen LogP contribution in [0, 0.1) is 0 Å². The van der Waals surface area contributed by atoms with Crippen molar-refractivity contribution in [3.05, 3.63) is 44.9 Å². The highest BCUT2D eigenvalue weighted by atomic mass is 35.5. The minimum Gasteiger partial charge on any atom is -0.456 e. The van der Waals surface area contributed by atoms with Gasteiger partial charge in [-0.1, -0.05) is 61.7 Å². The molecule has 0 saturated heterocycles. The largest absolute Gasteiger partial charge is 0.456 e. The second-order valence-electron chi connectivity index (χ2n) is 9.75. The summed E-state index contributed by atoms with van der Waals surface area (Å²) in [5.41, 5.74) is 0.137. The number of carbonyl (C=O) groups excluding carboxylic acids is 1. The maximum atomic E-state index is 12.1. The van der Waals surface area contributed by atoms with Crippen molar-refractivity contribution in [2.45, 2.75) is 83.4 Å². The zero-order valence-corrected chi connectivity index (χ0v) is 22.5. The van der Waals surface area contributed by atoms with Gasteiger partial charge in [-0.3, -0.25) is 0 Å². The molecule has 1 aromatic carbocycles. The van der Waals surface area contributed by atoms with E-state index in [4.69, 9.17) is 48.7 Å². The molecule has 0 fully saturated rings. The highest BCUT2D eigenvalue weighted by Gasteiger charge is 2.47. The fourth-order valence-corrected chi connectivity index (χ4v) is 5.90. The summed E-state index contributed by atoms with van der Waals surface area (Å²) in [5, 5.41) is 1.51. The van der Waals surface area contributed by atoms with Crippen LogP contribution in [0.2, 0.25) is 33.2 Å². The summed E-state index contributed by atoms with van der Waals surface area (Å²) < 4.78 is 18.3. The number of rotatable bonds is 8. The molecule has 0 saturated carbocycles. The van der Waals surface area contributed by atoms with Gasteiger partial charge >= 0.3 is 5.97 Å². The van der Waals surface area contributed by atoms with Crippen LogP contribution >= 0.6 is 34.8 Å². The number of esters is 1. The lowest BCUT2D eigenvalue weighted by molar-refractivity contribution is -0.155. The molecular formula is C23H33Cl3O4Si. The minimum absolute atomic E-state index is 0.0564. The third-order valence-electron chi connectivity index (χ3n) is 6.12. The van der Waals surface area contributed by atoms with Gasteiger partial charge in [0.2, 0.25) is 0 Å². The maximum Gasteiger partial charge on any atom is 0.330 e. The van der Waals surface area contributed by atoms with Gasteiger partial charge in [-0.15, -0.1) is 0 Å². The van der Waals surface area contributed by atoms with E-state index in [2.05, 4.69) is 40.8 Å². The Balaban J connectivity index is 1.99. The summed E-state index contributed by atoms with van der Waals surface area (Å²) in [7, 11) is -2.06. The maximum absolute atomic E-state index is 12.1. The smallest absolute Gasteiger partial charge is 0.330 e. The van der Waals surface area contributed by atoms with Crippen LogP contribution in [0.5, 0.6) is 0 Å². The second kappa shape index (κ2) is 10.6. The van der Waals surface area contributed by atoms with E-state index in [1.807, 2.05) is 6.08 Å². The Labute approximate surface area is 202 Å². The first kappa shape index (κ1) is 26.7. The lowest BCUT2D eigenvalue weighted by Gasteiger charge is -2.46. The number of cyclic esters (lactones) is 1. The number of carbonyl (C=O) groups is 1. The number of hydrogen-bond acceptors (Lipinski definition) is 4. The fraction of sp³-hybridized carbons (Fsp3) is 0.609. The number of benzene rings is 1. The standard InChI is InChI=1S/C23H33Cl3O4Si/c1-22(2,3)31(5,6)30-23(4)11-7-10-21(27)29-20(23)9-8-12-28-15-17-18(25)13-16(24)14-19(17)26/h7,10,13-14,20H,8-9,11-12,15H2,1-6H3/t20-,23+/m1/s1. The van der Waals surface area contributed by atoms with E-state index in [0.717, 1.165) is 0 Å². The number of hydrogen-bond donors (Lipinski definition) is 0. The molecule has 2 atom stereocenters. The van der Waals surface area contributed by atoms with Crippen molar-refractivity contribution in [1.29, 1.82) is 0 Å². The molecule has 1 aliphatic rings. The summed E-state index contributed by atoms with van der Waals surface area (Å²) in [6, 6.07) is 3.30. The van der Waals surface area contributed by atoms with Gasteiger partial charge in [0.15, 0.2) is 8.32 Å². The molecule has 0 N–H and O–H groups in total. The Bertz CT molecular complexity index is 797. The fourth-order valence-electron chi connectivity index (χ4n) is 3.29. The van der Waals surface area contributed by atoms with Gasteiger partial charge in [-0.2, -0.15) is 0 Å². The van der Waals surface area contributed by atoms with Crippen molar-refractivity contribution in [2.75, 3.05) is 6.61 Å². The molecule has 0 amide bonds. The molecule has 0 aliphatic carbocycles. The van der Waals surface area contributed by atoms with Gasteiger partial charge in [0, 0.05) is 33.3 Å². The van der Waals surface area contributed by atoms with Crippen molar-refractivity contribution in [2.24, 2.45) is 0 Å². The minimum atomic E-state index is -2.06. The number of halogens is 3. The van der Waals surface area contributed by atoms with E-state index in [1.54, 1.807) is 12.1 Å². The lowest BCUT2D eigenvalue weighted by Crippen LogP contribution is -2.54. The first-order chi connectivity index (χ1) is 14.2. The van der Waals surface area contributed by atoms with Crippen LogP contribution in [0.4, 0.5) is 0 Å². The van der Waals surface area contributed by atoms with Crippen molar-refractivity contribution < 1.29 is 18.7 Å². The molecular weight excluding hydrogens is 475 g/mol. The van der Waals surface area contributed by atoms with Crippen LogP contribution in [-0.4, -0.2) is 32.6 Å². The van der Waals surface area contributed by atoms with Crippen LogP contribution in [-0.2, 0) is 25.3 Å². The Morgan fingerprint density at radius 3 is 2.39 bits per heavy atom. The van der Waals surface area contributed by atoms with Gasteiger partial charge in [0.25, 0.3) is 0 Å². The molecule has 4 nitrogen and oxygen atoms in total. The first-order valence-corrected chi connectivity index (χ1v) is 14.6. The Morgan fingerprint density at radius 2 is 1.81 bits per heavy atom. The zero-order chi connectivity index (χ0) is 23.4. The summed E-state index contributed by atoms with van der Waals surface area (Å²) in [4.78, 5) is 12.1. The first-order valence-electron chi connectivity index (χ1n) is 10.5. The van der Waals surface area contributed by atoms with Gasteiger partial charge in [-0.05, 0) is 56.5 Å². The zero-order valence-electron chi connectivity index (χ0n) is 19.2. The normalized spacial score (nSPS) is 22.4. The van der Waals surface area contributed by atoms with Crippen LogP contribution in [0.25, 0.3) is 0 Å². The van der Waals surface area contributed by atoms with Crippen LogP contribution < -0.4 is 0 Å². The van der Waals surface area contributed by atoms with E-state index >= 15 is 0 Å². The molecule has 0 aromatic heterocycles. The molecule has 0 spiro atoms. The predicted octanol–water partition coefficient (Wildman–Crippen LogP) is 7.60. The molecule has 1 aliphatic heterocycles. The third-order valence-corrected chi connectivity index (χ3v) is 11.6. The average molecular weight is 508 g/mol. The quantitative estimate of drug-likeness (QED) is 0.206. The Kier molecular flexibility index (Phi) is 9.11. The average Bonchev–Trinajstić information content (AvgIpc) is 2.73. The molecule has 31 heavy (non-hydrogen) atoms. The van der Waals surface area contributed by atoms with Gasteiger partial charge in [0.1, 0.15) is 6.10 Å². The predicted molar refractivity (Wildman–Crippen MR) is 131 cm³/mol. The molecule has 0 bridgehead atoms. The second-order valence-corrected chi connectivity index (χ2v) is 15.7. The molecule has 1 aromatic rings. The Morgan fingerprint density at radius 1 is 1.19 bits per heavy atom. The highest BCUT2D eigenvalue weighted by molar-refractivity contribution is 6.74. The van der Waals surface area contributed by atoms with Crippen molar-refractivity contribution in [3.8, 4) is 0 Å². The highest BCUT2D eigenvalue weighted by Crippen LogP contribution is 2.42. The molecule has 8 heteroatoms. The van der Waals surface area contributed by atoms with Gasteiger partial charge in [-0.25, -0.2) is 4.79 Å². The van der Waals surface area contributed by atoms with Crippen LogP contribution in [0.15, 0.2) is 24.3 Å². The monoisotopic (exact) mass is 506 g/mol. The van der Waals surface area contributed by atoms with Crippen molar-refractivity contribution in [1.82, 2.24) is 0 Å². The van der Waals surface area contributed by atoms with Crippen LogP contribution in [0.1, 0.15) is 52.5 Å². The SMILES string of the molecule is CC(C)(C)[Si](C)(C)O[C@@]1(C)CC=CC(=O)O[C@@H]1CCCOCc1c(Cl)cc(Cl)cc1Cl. The Hall–Kier alpha value is -0.563. The van der Waals surface area contributed by atoms with Crippen molar-refractivity contribution >= 4 is 49.1 Å². The lowest BCUT2D eigenvalue weighted by atomic mass is 9.92. The topological polar surface area (TPSA) is 44.8 Å². The molecule has 174 valence electrons.